The van der Waals surface area contributed by atoms with E-state index in [1.807, 2.05) is 18.2 Å². The zero-order valence-electron chi connectivity index (χ0n) is 5.30. The van der Waals surface area contributed by atoms with Gasteiger partial charge in [0.05, 0.1) is 0 Å². The van der Waals surface area contributed by atoms with Gasteiger partial charge in [-0.15, -0.1) is 0 Å². The first-order chi connectivity index (χ1) is 5.02. The standard InChI is InChI=1S/C6H4Br3OP/c7-5-3-1-2-4-6(5)11(8,9)10/h1-4H. The molecule has 0 bridgehead atoms. The fraction of sp³-hybridized carbons (Fsp3) is 0. The second-order valence-electron chi connectivity index (χ2n) is 1.91. The van der Waals surface area contributed by atoms with Crippen LogP contribution in [0.1, 0.15) is 0 Å². The molecule has 0 atom stereocenters. The third-order valence-corrected chi connectivity index (χ3v) is 5.37. The summed E-state index contributed by atoms with van der Waals surface area (Å²) in [7, 11) is 0. The molecule has 0 spiro atoms. The molecular formula is C6H4Br3OP. The molecular weight excluding hydrogens is 359 g/mol. The zero-order valence-corrected chi connectivity index (χ0v) is 11.0. The van der Waals surface area contributed by atoms with Crippen molar-refractivity contribution in [1.82, 2.24) is 0 Å². The molecule has 1 aromatic carbocycles. The van der Waals surface area contributed by atoms with Gasteiger partial charge in [0.25, 0.3) is 0 Å². The van der Waals surface area contributed by atoms with Crippen LogP contribution in [0.3, 0.4) is 0 Å². The van der Waals surface area contributed by atoms with E-state index in [2.05, 4.69) is 46.9 Å². The third kappa shape index (κ3) is 2.69. The van der Waals surface area contributed by atoms with E-state index in [4.69, 9.17) is 0 Å². The van der Waals surface area contributed by atoms with E-state index in [0.717, 1.165) is 9.78 Å². The minimum atomic E-state index is -2.48. The third-order valence-electron chi connectivity index (χ3n) is 1.13. The van der Waals surface area contributed by atoms with E-state index in [1.54, 1.807) is 6.07 Å². The fourth-order valence-electron chi connectivity index (χ4n) is 0.663. The molecule has 0 fully saturated rings. The van der Waals surface area contributed by atoms with Crippen LogP contribution >= 0.6 is 51.5 Å². The molecule has 0 heterocycles. The van der Waals surface area contributed by atoms with Crippen LogP contribution in [-0.4, -0.2) is 0 Å². The van der Waals surface area contributed by atoms with E-state index in [9.17, 15) is 4.57 Å². The molecule has 5 heteroatoms. The van der Waals surface area contributed by atoms with Crippen LogP contribution in [0, 0.1) is 0 Å². The minimum absolute atomic E-state index is 0.750. The summed E-state index contributed by atoms with van der Waals surface area (Å²) in [5, 5.41) is 0.750. The first kappa shape index (κ1) is 9.97. The molecule has 0 aromatic heterocycles. The number of halogens is 3. The lowest BCUT2D eigenvalue weighted by Crippen LogP contribution is -1.97. The van der Waals surface area contributed by atoms with E-state index in [1.165, 1.54) is 0 Å². The smallest absolute Gasteiger partial charge is 0.237 e. The molecule has 1 aromatic rings. The Hall–Kier alpha value is 0.890. The summed E-state index contributed by atoms with van der Waals surface area (Å²) in [6, 6.07) is 7.37. The summed E-state index contributed by atoms with van der Waals surface area (Å²) in [5.41, 5.74) is 0. The Morgan fingerprint density at radius 3 is 2.09 bits per heavy atom. The van der Waals surface area contributed by atoms with Crippen molar-refractivity contribution in [1.29, 1.82) is 0 Å². The molecule has 0 amide bonds. The Morgan fingerprint density at radius 2 is 1.73 bits per heavy atom. The first-order valence-corrected chi connectivity index (χ1v) is 9.30. The van der Waals surface area contributed by atoms with Gasteiger partial charge >= 0.3 is 0 Å². The predicted molar refractivity (Wildman–Crippen MR) is 59.2 cm³/mol. The van der Waals surface area contributed by atoms with Gasteiger partial charge in [-0.05, 0) is 59.0 Å². The molecule has 0 N–H and O–H groups in total. The average Bonchev–Trinajstić information content (AvgIpc) is 1.86. The van der Waals surface area contributed by atoms with E-state index >= 15 is 0 Å². The second-order valence-corrected chi connectivity index (χ2v) is 13.0. The van der Waals surface area contributed by atoms with Crippen molar-refractivity contribution < 1.29 is 4.57 Å². The van der Waals surface area contributed by atoms with Gasteiger partial charge in [-0.1, -0.05) is 12.1 Å². The highest BCUT2D eigenvalue weighted by Gasteiger charge is 2.17. The van der Waals surface area contributed by atoms with Crippen LogP contribution in [-0.2, 0) is 4.57 Å². The van der Waals surface area contributed by atoms with Crippen LogP contribution in [0.15, 0.2) is 28.7 Å². The molecule has 1 rings (SSSR count). The van der Waals surface area contributed by atoms with Crippen molar-refractivity contribution in [2.45, 2.75) is 0 Å². The molecule has 0 saturated carbocycles. The van der Waals surface area contributed by atoms with Crippen molar-refractivity contribution in [3.63, 3.8) is 0 Å². The highest BCUT2D eigenvalue weighted by atomic mass is 79.9. The number of hydrogen-bond acceptors (Lipinski definition) is 1. The van der Waals surface area contributed by atoms with Crippen LogP contribution < -0.4 is 5.30 Å². The quantitative estimate of drug-likeness (QED) is 0.689. The number of benzene rings is 1. The van der Waals surface area contributed by atoms with Gasteiger partial charge in [0.2, 0.25) is 4.55 Å². The largest absolute Gasteiger partial charge is 0.294 e. The van der Waals surface area contributed by atoms with E-state index in [0.29, 0.717) is 0 Å². The van der Waals surface area contributed by atoms with Crippen LogP contribution in [0.4, 0.5) is 0 Å². The van der Waals surface area contributed by atoms with Crippen LogP contribution in [0.25, 0.3) is 0 Å². The van der Waals surface area contributed by atoms with Gasteiger partial charge < -0.3 is 0 Å². The molecule has 11 heavy (non-hydrogen) atoms. The zero-order chi connectivity index (χ0) is 8.48. The Balaban J connectivity index is 3.25. The average molecular weight is 363 g/mol. The molecule has 0 aliphatic rings. The van der Waals surface area contributed by atoms with Gasteiger partial charge in [-0.2, -0.15) is 0 Å². The highest BCUT2D eigenvalue weighted by molar-refractivity contribution is 9.71. The Morgan fingerprint density at radius 1 is 1.18 bits per heavy atom. The van der Waals surface area contributed by atoms with E-state index in [-0.39, 0.29) is 0 Å². The highest BCUT2D eigenvalue weighted by Crippen LogP contribution is 2.61. The molecule has 0 saturated heterocycles. The lowest BCUT2D eigenvalue weighted by atomic mass is 10.4. The maximum atomic E-state index is 11.4. The summed E-state index contributed by atoms with van der Waals surface area (Å²) in [6.07, 6.45) is 0. The predicted octanol–water partition coefficient (Wildman–Crippen LogP) is 4.06. The van der Waals surface area contributed by atoms with E-state index < -0.39 is 4.55 Å². The summed E-state index contributed by atoms with van der Waals surface area (Å²) in [5.74, 6) is 0. The van der Waals surface area contributed by atoms with Crippen molar-refractivity contribution in [3.8, 4) is 0 Å². The Kier molecular flexibility index (Phi) is 3.39. The van der Waals surface area contributed by atoms with Crippen molar-refractivity contribution >= 4 is 56.8 Å². The van der Waals surface area contributed by atoms with Gasteiger partial charge in [0.1, 0.15) is 0 Å². The molecule has 1 nitrogen and oxygen atoms in total. The summed E-state index contributed by atoms with van der Waals surface area (Å²) >= 11 is 9.46. The molecule has 0 aliphatic heterocycles. The van der Waals surface area contributed by atoms with Crippen molar-refractivity contribution in [2.24, 2.45) is 0 Å². The maximum absolute atomic E-state index is 11.4. The monoisotopic (exact) mass is 360 g/mol. The van der Waals surface area contributed by atoms with Crippen molar-refractivity contribution in [2.75, 3.05) is 0 Å². The molecule has 0 aliphatic carbocycles. The van der Waals surface area contributed by atoms with Crippen LogP contribution in [0.2, 0.25) is 0 Å². The van der Waals surface area contributed by atoms with Gasteiger partial charge in [-0.25, -0.2) is 0 Å². The Bertz CT molecular complexity index is 306. The first-order valence-electron chi connectivity index (χ1n) is 2.76. The summed E-state index contributed by atoms with van der Waals surface area (Å²) in [4.78, 5) is 0. The number of hydrogen-bond donors (Lipinski definition) is 0. The summed E-state index contributed by atoms with van der Waals surface area (Å²) in [6.45, 7) is 0. The Labute approximate surface area is 89.5 Å². The lowest BCUT2D eigenvalue weighted by molar-refractivity contribution is 0.599. The van der Waals surface area contributed by atoms with Gasteiger partial charge in [0, 0.05) is 9.78 Å². The SMILES string of the molecule is O=P(Br)(Br)c1ccccc1Br. The van der Waals surface area contributed by atoms with Crippen LogP contribution in [0.5, 0.6) is 0 Å². The topological polar surface area (TPSA) is 17.1 Å². The second kappa shape index (κ2) is 3.73. The summed E-state index contributed by atoms with van der Waals surface area (Å²) < 4.78 is 9.81. The fourth-order valence-corrected chi connectivity index (χ4v) is 5.56. The van der Waals surface area contributed by atoms with Gasteiger partial charge in [0.15, 0.2) is 0 Å². The maximum Gasteiger partial charge on any atom is 0.237 e. The normalized spacial score (nSPS) is 11.5. The molecule has 0 radical (unpaired) electrons. The lowest BCUT2D eigenvalue weighted by Gasteiger charge is -2.03. The van der Waals surface area contributed by atoms with Crippen molar-refractivity contribution in [3.05, 3.63) is 28.7 Å². The minimum Gasteiger partial charge on any atom is -0.294 e. The molecule has 0 unspecified atom stereocenters. The molecule has 60 valence electrons. The number of rotatable bonds is 1. The van der Waals surface area contributed by atoms with Gasteiger partial charge in [-0.3, -0.25) is 4.57 Å².